The maximum absolute atomic E-state index is 12.4. The van der Waals surface area contributed by atoms with Crippen LogP contribution >= 0.6 is 0 Å². The lowest BCUT2D eigenvalue weighted by Crippen LogP contribution is -2.15. The van der Waals surface area contributed by atoms with Crippen molar-refractivity contribution in [2.75, 3.05) is 24.3 Å². The zero-order valence-electron chi connectivity index (χ0n) is 16.5. The molecule has 5 nitrogen and oxygen atoms in total. The summed E-state index contributed by atoms with van der Waals surface area (Å²) in [6.07, 6.45) is 2.55. The molecule has 1 aromatic heterocycles. The normalized spacial score (nSPS) is 10.4. The minimum absolute atomic E-state index is 0.211. The van der Waals surface area contributed by atoms with Crippen LogP contribution in [0.5, 0.6) is 5.75 Å². The lowest BCUT2D eigenvalue weighted by molar-refractivity contribution is 0.102. The minimum Gasteiger partial charge on any atom is -0.497 e. The van der Waals surface area contributed by atoms with E-state index in [2.05, 4.69) is 21.7 Å². The number of carbonyl (C=O) groups excluding carboxylic acids is 1. The molecule has 0 bridgehead atoms. The molecule has 3 aromatic rings. The van der Waals surface area contributed by atoms with Crippen LogP contribution in [-0.2, 0) is 6.42 Å². The van der Waals surface area contributed by atoms with Gasteiger partial charge in [-0.25, -0.2) is 4.98 Å². The zero-order valence-corrected chi connectivity index (χ0v) is 16.5. The van der Waals surface area contributed by atoms with Crippen LogP contribution in [0.25, 0.3) is 0 Å². The van der Waals surface area contributed by atoms with Gasteiger partial charge in [0, 0.05) is 12.2 Å². The van der Waals surface area contributed by atoms with Gasteiger partial charge >= 0.3 is 0 Å². The van der Waals surface area contributed by atoms with Crippen molar-refractivity contribution in [3.05, 3.63) is 83.2 Å². The number of carbonyl (C=O) groups is 1. The van der Waals surface area contributed by atoms with Crippen LogP contribution in [0.15, 0.2) is 60.8 Å². The maximum Gasteiger partial charge on any atom is 0.274 e. The average molecular weight is 375 g/mol. The lowest BCUT2D eigenvalue weighted by atomic mass is 10.1. The van der Waals surface area contributed by atoms with Gasteiger partial charge in [0.05, 0.1) is 19.0 Å². The summed E-state index contributed by atoms with van der Waals surface area (Å²) in [6.45, 7) is 4.78. The predicted molar refractivity (Wildman–Crippen MR) is 113 cm³/mol. The van der Waals surface area contributed by atoms with E-state index in [1.807, 2.05) is 56.3 Å². The number of ether oxygens (including phenoxy) is 1. The summed E-state index contributed by atoms with van der Waals surface area (Å²) < 4.78 is 5.24. The van der Waals surface area contributed by atoms with Gasteiger partial charge in [-0.15, -0.1) is 0 Å². The molecular formula is C23H25N3O2. The van der Waals surface area contributed by atoms with Gasteiger partial charge in [0.1, 0.15) is 11.4 Å². The second-order valence-corrected chi connectivity index (χ2v) is 6.66. The number of nitrogens with one attached hydrogen (secondary N) is 2. The van der Waals surface area contributed by atoms with Crippen LogP contribution in [-0.4, -0.2) is 24.5 Å². The fraction of sp³-hybridized carbons (Fsp3) is 0.217. The molecule has 2 N–H and O–H groups in total. The molecule has 2 aromatic carbocycles. The number of amides is 1. The molecule has 0 atom stereocenters. The van der Waals surface area contributed by atoms with Crippen molar-refractivity contribution in [1.82, 2.24) is 4.98 Å². The maximum atomic E-state index is 12.4. The summed E-state index contributed by atoms with van der Waals surface area (Å²) in [6, 6.07) is 17.5. The highest BCUT2D eigenvalue weighted by Crippen LogP contribution is 2.19. The van der Waals surface area contributed by atoms with E-state index in [1.54, 1.807) is 19.4 Å². The van der Waals surface area contributed by atoms with Gasteiger partial charge < -0.3 is 15.4 Å². The molecule has 0 fully saturated rings. The zero-order chi connectivity index (χ0) is 19.9. The van der Waals surface area contributed by atoms with Gasteiger partial charge in [0.2, 0.25) is 0 Å². The van der Waals surface area contributed by atoms with E-state index >= 15 is 0 Å². The number of nitrogens with zero attached hydrogens (tertiary/aromatic N) is 1. The monoisotopic (exact) mass is 375 g/mol. The molecule has 0 saturated heterocycles. The Labute approximate surface area is 165 Å². The van der Waals surface area contributed by atoms with E-state index in [4.69, 9.17) is 4.74 Å². The smallest absolute Gasteiger partial charge is 0.274 e. The second kappa shape index (κ2) is 9.04. The molecule has 0 aliphatic rings. The Morgan fingerprint density at radius 3 is 2.64 bits per heavy atom. The standard InChI is InChI=1S/C23H25N3O2/c1-16-6-4-9-21(17(16)2)26-23(27)22-11-10-19(15-25-22)24-13-12-18-7-5-8-20(14-18)28-3/h4-11,14-15,24H,12-13H2,1-3H3,(H,26,27). The van der Waals surface area contributed by atoms with Crippen molar-refractivity contribution in [2.24, 2.45) is 0 Å². The fourth-order valence-electron chi connectivity index (χ4n) is 2.88. The summed E-state index contributed by atoms with van der Waals surface area (Å²) in [5, 5.41) is 6.26. The number of hydrogen-bond acceptors (Lipinski definition) is 4. The average Bonchev–Trinajstić information content (AvgIpc) is 2.72. The highest BCUT2D eigenvalue weighted by Gasteiger charge is 2.10. The Kier molecular flexibility index (Phi) is 6.27. The summed E-state index contributed by atoms with van der Waals surface area (Å²) >= 11 is 0. The largest absolute Gasteiger partial charge is 0.497 e. The first-order valence-corrected chi connectivity index (χ1v) is 9.27. The van der Waals surface area contributed by atoms with Crippen molar-refractivity contribution < 1.29 is 9.53 Å². The SMILES string of the molecule is COc1cccc(CCNc2ccc(C(=O)Nc3cccc(C)c3C)nc2)c1. The third-order valence-corrected chi connectivity index (χ3v) is 4.73. The first-order chi connectivity index (χ1) is 13.6. The fourth-order valence-corrected chi connectivity index (χ4v) is 2.88. The van der Waals surface area contributed by atoms with Gasteiger partial charge in [-0.2, -0.15) is 0 Å². The number of rotatable bonds is 7. The number of aromatic nitrogens is 1. The second-order valence-electron chi connectivity index (χ2n) is 6.66. The molecule has 0 aliphatic carbocycles. The van der Waals surface area contributed by atoms with Crippen molar-refractivity contribution >= 4 is 17.3 Å². The number of hydrogen-bond donors (Lipinski definition) is 2. The predicted octanol–water partition coefficient (Wildman–Crippen LogP) is 4.61. The van der Waals surface area contributed by atoms with E-state index in [-0.39, 0.29) is 5.91 Å². The van der Waals surface area contributed by atoms with Crippen LogP contribution in [0.4, 0.5) is 11.4 Å². The Hall–Kier alpha value is -3.34. The Bertz CT molecular complexity index is 952. The van der Waals surface area contributed by atoms with E-state index < -0.39 is 0 Å². The quantitative estimate of drug-likeness (QED) is 0.633. The minimum atomic E-state index is -0.211. The van der Waals surface area contributed by atoms with Crippen molar-refractivity contribution in [3.8, 4) is 5.75 Å². The molecule has 1 heterocycles. The van der Waals surface area contributed by atoms with Crippen LogP contribution in [0.3, 0.4) is 0 Å². The molecule has 0 unspecified atom stereocenters. The van der Waals surface area contributed by atoms with Gasteiger partial charge in [0.15, 0.2) is 0 Å². The summed E-state index contributed by atoms with van der Waals surface area (Å²) in [5.74, 6) is 0.648. The molecule has 0 aliphatic heterocycles. The third-order valence-electron chi connectivity index (χ3n) is 4.73. The van der Waals surface area contributed by atoms with E-state index in [0.29, 0.717) is 5.69 Å². The third kappa shape index (κ3) is 4.88. The molecular weight excluding hydrogens is 350 g/mol. The Morgan fingerprint density at radius 1 is 1.07 bits per heavy atom. The summed E-state index contributed by atoms with van der Waals surface area (Å²) in [4.78, 5) is 16.7. The first kappa shape index (κ1) is 19.4. The van der Waals surface area contributed by atoms with Crippen LogP contribution < -0.4 is 15.4 Å². The summed E-state index contributed by atoms with van der Waals surface area (Å²) in [5.41, 5.74) is 5.48. The molecule has 0 saturated carbocycles. The van der Waals surface area contributed by atoms with E-state index in [0.717, 1.165) is 41.2 Å². The first-order valence-electron chi connectivity index (χ1n) is 9.27. The van der Waals surface area contributed by atoms with Crippen LogP contribution in [0.2, 0.25) is 0 Å². The number of methoxy groups -OCH3 is 1. The summed E-state index contributed by atoms with van der Waals surface area (Å²) in [7, 11) is 1.67. The molecule has 5 heteroatoms. The number of benzene rings is 2. The Morgan fingerprint density at radius 2 is 1.89 bits per heavy atom. The highest BCUT2D eigenvalue weighted by atomic mass is 16.5. The van der Waals surface area contributed by atoms with Crippen molar-refractivity contribution in [1.29, 1.82) is 0 Å². The van der Waals surface area contributed by atoms with Crippen LogP contribution in [0, 0.1) is 13.8 Å². The molecule has 144 valence electrons. The van der Waals surface area contributed by atoms with Gasteiger partial charge in [-0.05, 0) is 67.3 Å². The molecule has 28 heavy (non-hydrogen) atoms. The van der Waals surface area contributed by atoms with Crippen molar-refractivity contribution in [2.45, 2.75) is 20.3 Å². The highest BCUT2D eigenvalue weighted by molar-refractivity contribution is 6.03. The molecule has 3 rings (SSSR count). The molecule has 0 radical (unpaired) electrons. The van der Waals surface area contributed by atoms with Crippen LogP contribution in [0.1, 0.15) is 27.2 Å². The molecule has 0 spiro atoms. The van der Waals surface area contributed by atoms with Gasteiger partial charge in [-0.1, -0.05) is 24.3 Å². The molecule has 1 amide bonds. The van der Waals surface area contributed by atoms with E-state index in [1.165, 1.54) is 5.56 Å². The number of anilines is 2. The number of aryl methyl sites for hydroxylation is 1. The van der Waals surface area contributed by atoms with Crippen molar-refractivity contribution in [3.63, 3.8) is 0 Å². The van der Waals surface area contributed by atoms with Gasteiger partial charge in [0.25, 0.3) is 5.91 Å². The topological polar surface area (TPSA) is 63.2 Å². The van der Waals surface area contributed by atoms with E-state index in [9.17, 15) is 4.79 Å². The number of pyridine rings is 1. The van der Waals surface area contributed by atoms with Gasteiger partial charge in [-0.3, -0.25) is 4.79 Å². The lowest BCUT2D eigenvalue weighted by Gasteiger charge is -2.11. The Balaban J connectivity index is 1.55.